The van der Waals surface area contributed by atoms with Crippen molar-refractivity contribution in [1.82, 2.24) is 0 Å². The number of hydrogen-bond donors (Lipinski definition) is 1. The van der Waals surface area contributed by atoms with E-state index in [0.29, 0.717) is 12.1 Å². The molecule has 1 aliphatic carbocycles. The maximum Gasteiger partial charge on any atom is 0.0738 e. The molecule has 0 radical (unpaired) electrons. The molecule has 1 saturated carbocycles. The zero-order valence-electron chi connectivity index (χ0n) is 4.26. The van der Waals surface area contributed by atoms with Crippen LogP contribution in [0.1, 0.15) is 6.42 Å². The Hall–Kier alpha value is 0.210. The van der Waals surface area contributed by atoms with Gasteiger partial charge in [-0.25, -0.2) is 0 Å². The molecule has 0 amide bonds. The first-order valence-electron chi connectivity index (χ1n) is 2.13. The summed E-state index contributed by atoms with van der Waals surface area (Å²) in [6.45, 7) is 0. The minimum absolute atomic E-state index is 0. The fourth-order valence-electron chi connectivity index (χ4n) is 0.461. The van der Waals surface area contributed by atoms with Crippen LogP contribution in [0.15, 0.2) is 0 Å². The molecule has 0 aromatic carbocycles. The summed E-state index contributed by atoms with van der Waals surface area (Å²) in [5.74, 6) is 0. The molecule has 2 unspecified atom stereocenters. The molecule has 1 rings (SSSR count). The van der Waals surface area contributed by atoms with Crippen LogP contribution in [0.4, 0.5) is 0 Å². The zero-order chi connectivity index (χ0) is 4.57. The van der Waals surface area contributed by atoms with Crippen molar-refractivity contribution in [2.24, 2.45) is 5.73 Å². The van der Waals surface area contributed by atoms with Crippen LogP contribution in [-0.4, -0.2) is 19.3 Å². The summed E-state index contributed by atoms with van der Waals surface area (Å²) in [7, 11) is 1.69. The highest BCUT2D eigenvalue weighted by molar-refractivity contribution is 5.85. The molecule has 2 N–H and O–H groups in total. The molecule has 0 aromatic heterocycles. The fraction of sp³-hybridized carbons (Fsp3) is 1.00. The largest absolute Gasteiger partial charge is 0.380 e. The third-order valence-corrected chi connectivity index (χ3v) is 1.08. The lowest BCUT2D eigenvalue weighted by atomic mass is 10.7. The third-order valence-electron chi connectivity index (χ3n) is 1.08. The Morgan fingerprint density at radius 2 is 2.14 bits per heavy atom. The van der Waals surface area contributed by atoms with Gasteiger partial charge in [-0.3, -0.25) is 0 Å². The van der Waals surface area contributed by atoms with Crippen LogP contribution in [0.25, 0.3) is 0 Å². The lowest BCUT2D eigenvalue weighted by Gasteiger charge is -1.85. The fourth-order valence-corrected chi connectivity index (χ4v) is 0.461. The second-order valence-corrected chi connectivity index (χ2v) is 1.67. The Morgan fingerprint density at radius 1 is 1.71 bits per heavy atom. The van der Waals surface area contributed by atoms with Gasteiger partial charge in [0.2, 0.25) is 0 Å². The SMILES string of the molecule is COC1CC1N.Cl. The van der Waals surface area contributed by atoms with Gasteiger partial charge < -0.3 is 10.5 Å². The highest BCUT2D eigenvalue weighted by atomic mass is 35.5. The van der Waals surface area contributed by atoms with E-state index in [1.165, 1.54) is 0 Å². The minimum Gasteiger partial charge on any atom is -0.380 e. The van der Waals surface area contributed by atoms with Gasteiger partial charge in [0.15, 0.2) is 0 Å². The molecule has 0 saturated heterocycles. The lowest BCUT2D eigenvalue weighted by Crippen LogP contribution is -2.05. The summed E-state index contributed by atoms with van der Waals surface area (Å²) >= 11 is 0. The van der Waals surface area contributed by atoms with E-state index in [1.54, 1.807) is 7.11 Å². The number of nitrogens with two attached hydrogens (primary N) is 1. The number of methoxy groups -OCH3 is 1. The van der Waals surface area contributed by atoms with Crippen molar-refractivity contribution >= 4 is 12.4 Å². The van der Waals surface area contributed by atoms with Crippen LogP contribution in [0.2, 0.25) is 0 Å². The van der Waals surface area contributed by atoms with Crippen molar-refractivity contribution < 1.29 is 4.74 Å². The molecule has 0 bridgehead atoms. The highest BCUT2D eigenvalue weighted by Crippen LogP contribution is 2.20. The van der Waals surface area contributed by atoms with Crippen molar-refractivity contribution in [2.75, 3.05) is 7.11 Å². The van der Waals surface area contributed by atoms with Crippen molar-refractivity contribution in [2.45, 2.75) is 18.6 Å². The molecule has 0 aromatic rings. The Labute approximate surface area is 49.4 Å². The van der Waals surface area contributed by atoms with E-state index in [1.807, 2.05) is 0 Å². The monoisotopic (exact) mass is 123 g/mol. The maximum atomic E-state index is 5.35. The first-order chi connectivity index (χ1) is 2.84. The van der Waals surface area contributed by atoms with E-state index in [9.17, 15) is 0 Å². The molecule has 2 nitrogen and oxygen atoms in total. The Balaban J connectivity index is 0.000000360. The van der Waals surface area contributed by atoms with Gasteiger partial charge in [-0.2, -0.15) is 0 Å². The van der Waals surface area contributed by atoms with E-state index in [4.69, 9.17) is 10.5 Å². The average Bonchev–Trinajstić information content (AvgIpc) is 2.19. The molecule has 0 aliphatic heterocycles. The van der Waals surface area contributed by atoms with Gasteiger partial charge in [-0.1, -0.05) is 0 Å². The van der Waals surface area contributed by atoms with Gasteiger partial charge in [0, 0.05) is 13.2 Å². The maximum absolute atomic E-state index is 5.35. The summed E-state index contributed by atoms with van der Waals surface area (Å²) in [5.41, 5.74) is 5.35. The lowest BCUT2D eigenvalue weighted by molar-refractivity contribution is 0.178. The molecule has 3 heteroatoms. The van der Waals surface area contributed by atoms with Crippen LogP contribution >= 0.6 is 12.4 Å². The molecule has 7 heavy (non-hydrogen) atoms. The van der Waals surface area contributed by atoms with E-state index in [-0.39, 0.29) is 12.4 Å². The van der Waals surface area contributed by atoms with Crippen LogP contribution in [0, 0.1) is 0 Å². The summed E-state index contributed by atoms with van der Waals surface area (Å²) in [6.07, 6.45) is 1.43. The van der Waals surface area contributed by atoms with Gasteiger partial charge in [-0.15, -0.1) is 12.4 Å². The second kappa shape index (κ2) is 2.50. The first kappa shape index (κ1) is 7.21. The highest BCUT2D eigenvalue weighted by Gasteiger charge is 2.32. The standard InChI is InChI=1S/C4H9NO.ClH/c1-6-4-2-3(4)5;/h3-4H,2,5H2,1H3;1H. The summed E-state index contributed by atoms with van der Waals surface area (Å²) in [4.78, 5) is 0. The molecule has 44 valence electrons. The molecule has 1 aliphatic rings. The van der Waals surface area contributed by atoms with Crippen LogP contribution in [-0.2, 0) is 4.74 Å². The summed E-state index contributed by atoms with van der Waals surface area (Å²) in [5, 5.41) is 0. The van der Waals surface area contributed by atoms with Crippen LogP contribution < -0.4 is 5.73 Å². The van der Waals surface area contributed by atoms with Gasteiger partial charge in [0.25, 0.3) is 0 Å². The van der Waals surface area contributed by atoms with Gasteiger partial charge in [-0.05, 0) is 6.42 Å². The minimum atomic E-state index is 0. The van der Waals surface area contributed by atoms with E-state index in [2.05, 4.69) is 0 Å². The second-order valence-electron chi connectivity index (χ2n) is 1.67. The predicted molar refractivity (Wildman–Crippen MR) is 30.6 cm³/mol. The number of ether oxygens (including phenoxy) is 1. The first-order valence-corrected chi connectivity index (χ1v) is 2.13. The van der Waals surface area contributed by atoms with E-state index < -0.39 is 0 Å². The van der Waals surface area contributed by atoms with Crippen molar-refractivity contribution in [1.29, 1.82) is 0 Å². The molecule has 1 fully saturated rings. The number of halogens is 1. The third kappa shape index (κ3) is 1.63. The van der Waals surface area contributed by atoms with Gasteiger partial charge in [0.05, 0.1) is 6.10 Å². The van der Waals surface area contributed by atoms with E-state index >= 15 is 0 Å². The molecule has 2 atom stereocenters. The van der Waals surface area contributed by atoms with Gasteiger partial charge >= 0.3 is 0 Å². The molecular weight excluding hydrogens is 114 g/mol. The van der Waals surface area contributed by atoms with Crippen molar-refractivity contribution in [3.63, 3.8) is 0 Å². The molecule has 0 spiro atoms. The number of rotatable bonds is 1. The Kier molecular flexibility index (Phi) is 2.58. The predicted octanol–water partition coefficient (Wildman–Crippen LogP) is 0.154. The van der Waals surface area contributed by atoms with Crippen LogP contribution in [0.3, 0.4) is 0 Å². The summed E-state index contributed by atoms with van der Waals surface area (Å²) in [6, 6.07) is 0.343. The zero-order valence-corrected chi connectivity index (χ0v) is 5.07. The molecule has 0 heterocycles. The molecular formula is C4H10ClNO. The normalized spacial score (nSPS) is 36.9. The Morgan fingerprint density at radius 3 is 2.14 bits per heavy atom. The topological polar surface area (TPSA) is 35.2 Å². The van der Waals surface area contributed by atoms with Crippen molar-refractivity contribution in [3.8, 4) is 0 Å². The van der Waals surface area contributed by atoms with Crippen LogP contribution in [0.5, 0.6) is 0 Å². The summed E-state index contributed by atoms with van der Waals surface area (Å²) < 4.78 is 4.85. The quantitative estimate of drug-likeness (QED) is 0.539. The smallest absolute Gasteiger partial charge is 0.0738 e. The van der Waals surface area contributed by atoms with Crippen molar-refractivity contribution in [3.05, 3.63) is 0 Å². The van der Waals surface area contributed by atoms with E-state index in [0.717, 1.165) is 6.42 Å². The van der Waals surface area contributed by atoms with Gasteiger partial charge in [0.1, 0.15) is 0 Å². The number of hydrogen-bond acceptors (Lipinski definition) is 2. The Bertz CT molecular complexity index is 57.7. The average molecular weight is 124 g/mol.